The Bertz CT molecular complexity index is 1040. The molecule has 0 radical (unpaired) electrons. The lowest BCUT2D eigenvalue weighted by atomic mass is 10.2. The molecule has 0 aliphatic carbocycles. The average Bonchev–Trinajstić information content (AvgIpc) is 3.02. The maximum absolute atomic E-state index is 12.8. The number of nitrogens with one attached hydrogen (secondary N) is 1. The molecule has 2 aromatic rings. The molecule has 1 heterocycles. The van der Waals surface area contributed by atoms with E-state index in [1.54, 1.807) is 32.4 Å². The number of thioether (sulfide) groups is 1. The van der Waals surface area contributed by atoms with Crippen molar-refractivity contribution in [2.75, 3.05) is 26.1 Å². The molecule has 0 bridgehead atoms. The zero-order valence-corrected chi connectivity index (χ0v) is 20.2. The van der Waals surface area contributed by atoms with Crippen molar-refractivity contribution in [3.63, 3.8) is 0 Å². The highest BCUT2D eigenvalue weighted by Gasteiger charge is 2.31. The first-order valence-corrected chi connectivity index (χ1v) is 11.5. The summed E-state index contributed by atoms with van der Waals surface area (Å²) in [6.45, 7) is 0.386. The minimum Gasteiger partial charge on any atom is -0.493 e. The van der Waals surface area contributed by atoms with Crippen LogP contribution in [0.4, 0.5) is 5.69 Å². The van der Waals surface area contributed by atoms with Crippen molar-refractivity contribution in [3.8, 4) is 11.5 Å². The molecule has 1 aliphatic rings. The molecule has 6 nitrogen and oxygen atoms in total. The maximum Gasteiger partial charge on any atom is 0.266 e. The third kappa shape index (κ3) is 5.87. The molecule has 1 N–H and O–H groups in total. The van der Waals surface area contributed by atoms with Gasteiger partial charge in [-0.1, -0.05) is 42.2 Å². The molecule has 3 rings (SSSR count). The summed E-state index contributed by atoms with van der Waals surface area (Å²) in [6, 6.07) is 12.9. The summed E-state index contributed by atoms with van der Waals surface area (Å²) in [5.74, 6) is 0.935. The summed E-state index contributed by atoms with van der Waals surface area (Å²) in [5, 5.41) is 2.86. The molecule has 162 valence electrons. The number of amides is 2. The van der Waals surface area contributed by atoms with Gasteiger partial charge in [-0.05, 0) is 58.3 Å². The lowest BCUT2D eigenvalue weighted by Crippen LogP contribution is -2.29. The van der Waals surface area contributed by atoms with E-state index in [9.17, 15) is 9.59 Å². The number of rotatable bonds is 8. The van der Waals surface area contributed by atoms with Crippen LogP contribution in [-0.2, 0) is 9.59 Å². The van der Waals surface area contributed by atoms with Gasteiger partial charge in [-0.15, -0.1) is 0 Å². The predicted octanol–water partition coefficient (Wildman–Crippen LogP) is 5.09. The van der Waals surface area contributed by atoms with Gasteiger partial charge >= 0.3 is 0 Å². The SMILES string of the molecule is COc1ccc(C=C2SC(=S)N(CCCC(=O)Nc3ccccc3Br)C2=O)cc1OC. The number of benzene rings is 2. The van der Waals surface area contributed by atoms with Crippen molar-refractivity contribution in [2.24, 2.45) is 0 Å². The van der Waals surface area contributed by atoms with E-state index < -0.39 is 0 Å². The summed E-state index contributed by atoms with van der Waals surface area (Å²) in [7, 11) is 3.13. The van der Waals surface area contributed by atoms with Gasteiger partial charge in [0.05, 0.1) is 24.8 Å². The molecule has 1 fully saturated rings. The second-order valence-electron chi connectivity index (χ2n) is 6.58. The van der Waals surface area contributed by atoms with Crippen LogP contribution in [0.15, 0.2) is 51.8 Å². The van der Waals surface area contributed by atoms with Crippen molar-refractivity contribution in [1.29, 1.82) is 0 Å². The number of anilines is 1. The average molecular weight is 521 g/mol. The quantitative estimate of drug-likeness (QED) is 0.386. The summed E-state index contributed by atoms with van der Waals surface area (Å²) in [4.78, 5) is 27.1. The summed E-state index contributed by atoms with van der Waals surface area (Å²) in [5.41, 5.74) is 1.53. The number of methoxy groups -OCH3 is 2. The number of para-hydroxylation sites is 1. The Morgan fingerprint density at radius 1 is 1.19 bits per heavy atom. The minimum absolute atomic E-state index is 0.113. The van der Waals surface area contributed by atoms with Gasteiger partial charge in [-0.25, -0.2) is 0 Å². The first kappa shape index (κ1) is 23.3. The molecule has 0 aromatic heterocycles. The van der Waals surface area contributed by atoms with E-state index in [1.165, 1.54) is 16.7 Å². The Morgan fingerprint density at radius 2 is 1.94 bits per heavy atom. The smallest absolute Gasteiger partial charge is 0.266 e. The highest BCUT2D eigenvalue weighted by Crippen LogP contribution is 2.34. The summed E-state index contributed by atoms with van der Waals surface area (Å²) in [6.07, 6.45) is 2.57. The van der Waals surface area contributed by atoms with Crippen LogP contribution in [-0.4, -0.2) is 41.8 Å². The monoisotopic (exact) mass is 520 g/mol. The third-order valence-electron chi connectivity index (χ3n) is 4.51. The van der Waals surface area contributed by atoms with E-state index >= 15 is 0 Å². The second kappa shape index (κ2) is 10.8. The summed E-state index contributed by atoms with van der Waals surface area (Å²) < 4.78 is 11.9. The molecule has 31 heavy (non-hydrogen) atoms. The number of thiocarbonyl (C=S) groups is 1. The Kier molecular flexibility index (Phi) is 8.11. The highest BCUT2D eigenvalue weighted by molar-refractivity contribution is 9.10. The first-order valence-electron chi connectivity index (χ1n) is 9.44. The third-order valence-corrected chi connectivity index (χ3v) is 6.58. The molecule has 2 aromatic carbocycles. The van der Waals surface area contributed by atoms with Crippen LogP contribution in [0.25, 0.3) is 6.08 Å². The Hall–Kier alpha value is -2.36. The van der Waals surface area contributed by atoms with Crippen LogP contribution in [0.3, 0.4) is 0 Å². The van der Waals surface area contributed by atoms with E-state index in [1.807, 2.05) is 30.3 Å². The normalized spacial score (nSPS) is 14.8. The fraction of sp³-hybridized carbons (Fsp3) is 0.227. The highest BCUT2D eigenvalue weighted by atomic mass is 79.9. The molecule has 1 saturated heterocycles. The van der Waals surface area contributed by atoms with Crippen LogP contribution < -0.4 is 14.8 Å². The molecule has 0 unspecified atom stereocenters. The van der Waals surface area contributed by atoms with Crippen LogP contribution in [0.2, 0.25) is 0 Å². The fourth-order valence-electron chi connectivity index (χ4n) is 2.96. The first-order chi connectivity index (χ1) is 14.9. The van der Waals surface area contributed by atoms with Gasteiger partial charge in [0.2, 0.25) is 5.91 Å². The Balaban J connectivity index is 1.58. The maximum atomic E-state index is 12.8. The van der Waals surface area contributed by atoms with Gasteiger partial charge in [0.1, 0.15) is 4.32 Å². The standard InChI is InChI=1S/C22H21BrN2O4S2/c1-28-17-10-9-14(12-18(17)29-2)13-19-21(27)25(22(30)31-19)11-5-8-20(26)24-16-7-4-3-6-15(16)23/h3-4,6-7,9-10,12-13H,5,8,11H2,1-2H3,(H,24,26). The number of ether oxygens (including phenoxy) is 2. The Morgan fingerprint density at radius 3 is 2.65 bits per heavy atom. The Labute approximate surface area is 199 Å². The zero-order chi connectivity index (χ0) is 22.4. The fourth-order valence-corrected chi connectivity index (χ4v) is 4.65. The van der Waals surface area contributed by atoms with Crippen LogP contribution in [0.5, 0.6) is 11.5 Å². The lowest BCUT2D eigenvalue weighted by Gasteiger charge is -2.14. The topological polar surface area (TPSA) is 67.9 Å². The summed E-state index contributed by atoms with van der Waals surface area (Å²) >= 11 is 10.0. The molecular weight excluding hydrogens is 500 g/mol. The van der Waals surface area contributed by atoms with Crippen molar-refractivity contribution >= 4 is 67.8 Å². The molecule has 1 aliphatic heterocycles. The van der Waals surface area contributed by atoms with Gasteiger partial charge in [-0.2, -0.15) is 0 Å². The van der Waals surface area contributed by atoms with Crippen LogP contribution in [0.1, 0.15) is 18.4 Å². The number of nitrogens with zero attached hydrogens (tertiary/aromatic N) is 1. The van der Waals surface area contributed by atoms with E-state index in [0.29, 0.717) is 33.7 Å². The second-order valence-corrected chi connectivity index (χ2v) is 9.11. The van der Waals surface area contributed by atoms with Crippen molar-refractivity contribution in [3.05, 3.63) is 57.4 Å². The number of hydrogen-bond acceptors (Lipinski definition) is 6. The van der Waals surface area contributed by atoms with Gasteiger partial charge in [0.15, 0.2) is 11.5 Å². The lowest BCUT2D eigenvalue weighted by molar-refractivity contribution is -0.122. The molecular formula is C22H21BrN2O4S2. The number of carbonyl (C=O) groups is 2. The molecule has 2 amide bonds. The van der Waals surface area contributed by atoms with Gasteiger partial charge in [-0.3, -0.25) is 14.5 Å². The van der Waals surface area contributed by atoms with Crippen LogP contribution >= 0.6 is 39.9 Å². The number of carbonyl (C=O) groups excluding carboxylic acids is 2. The van der Waals surface area contributed by atoms with Crippen molar-refractivity contribution in [2.45, 2.75) is 12.8 Å². The van der Waals surface area contributed by atoms with Crippen LogP contribution in [0, 0.1) is 0 Å². The number of hydrogen-bond donors (Lipinski definition) is 1. The van der Waals surface area contributed by atoms with Gasteiger partial charge in [0.25, 0.3) is 5.91 Å². The molecule has 0 saturated carbocycles. The van der Waals surface area contributed by atoms with Crippen molar-refractivity contribution < 1.29 is 19.1 Å². The molecule has 0 spiro atoms. The van der Waals surface area contributed by atoms with E-state index in [0.717, 1.165) is 15.7 Å². The van der Waals surface area contributed by atoms with E-state index in [4.69, 9.17) is 21.7 Å². The minimum atomic E-state index is -0.156. The number of halogens is 1. The molecule has 0 atom stereocenters. The largest absolute Gasteiger partial charge is 0.493 e. The van der Waals surface area contributed by atoms with Crippen molar-refractivity contribution in [1.82, 2.24) is 4.90 Å². The van der Waals surface area contributed by atoms with E-state index in [2.05, 4.69) is 21.2 Å². The van der Waals surface area contributed by atoms with Gasteiger partial charge < -0.3 is 14.8 Å². The zero-order valence-electron chi connectivity index (χ0n) is 17.0. The molecule has 9 heteroatoms. The van der Waals surface area contributed by atoms with Gasteiger partial charge in [0, 0.05) is 17.4 Å². The predicted molar refractivity (Wildman–Crippen MR) is 131 cm³/mol. The van der Waals surface area contributed by atoms with E-state index in [-0.39, 0.29) is 18.2 Å².